The van der Waals surface area contributed by atoms with E-state index in [1.165, 1.54) is 19.2 Å². The first-order valence-corrected chi connectivity index (χ1v) is 8.21. The van der Waals surface area contributed by atoms with Crippen LogP contribution in [0.15, 0.2) is 21.5 Å². The van der Waals surface area contributed by atoms with Crippen molar-refractivity contribution in [2.75, 3.05) is 33.1 Å². The van der Waals surface area contributed by atoms with Gasteiger partial charge in [0.05, 0.1) is 7.11 Å². The fourth-order valence-corrected chi connectivity index (χ4v) is 3.26. The smallest absolute Gasteiger partial charge is 0.244 e. The van der Waals surface area contributed by atoms with Gasteiger partial charge in [0.15, 0.2) is 0 Å². The summed E-state index contributed by atoms with van der Waals surface area (Å²) < 4.78 is 37.7. The fourth-order valence-electron chi connectivity index (χ4n) is 1.59. The highest BCUT2D eigenvalue weighted by Gasteiger charge is 2.21. The van der Waals surface area contributed by atoms with Crippen LogP contribution in [-0.4, -0.2) is 35.8 Å². The molecule has 3 N–H and O–H groups in total. The number of methoxy groups -OCH3 is 2. The van der Waals surface area contributed by atoms with Crippen molar-refractivity contribution in [2.45, 2.75) is 11.8 Å². The van der Waals surface area contributed by atoms with Crippen LogP contribution >= 0.6 is 15.9 Å². The molecular formula is C12H19BrN2O4S. The molecule has 0 aliphatic heterocycles. The van der Waals surface area contributed by atoms with Gasteiger partial charge in [0, 0.05) is 30.4 Å². The molecule has 0 aliphatic carbocycles. The first kappa shape index (κ1) is 17.2. The summed E-state index contributed by atoms with van der Waals surface area (Å²) in [6.07, 6.45) is 0. The molecule has 0 bridgehead atoms. The van der Waals surface area contributed by atoms with Crippen LogP contribution in [-0.2, 0) is 14.8 Å². The zero-order chi connectivity index (χ0) is 15.3. The van der Waals surface area contributed by atoms with Gasteiger partial charge in [-0.3, -0.25) is 0 Å². The Balaban J connectivity index is 3.00. The van der Waals surface area contributed by atoms with Gasteiger partial charge >= 0.3 is 0 Å². The van der Waals surface area contributed by atoms with Crippen LogP contribution in [0.25, 0.3) is 0 Å². The summed E-state index contributed by atoms with van der Waals surface area (Å²) in [4.78, 5) is 0.0188. The molecule has 6 nitrogen and oxygen atoms in total. The zero-order valence-electron chi connectivity index (χ0n) is 11.6. The number of nitrogens with two attached hydrogens (primary N) is 1. The molecule has 0 spiro atoms. The fraction of sp³-hybridized carbons (Fsp3) is 0.500. The van der Waals surface area contributed by atoms with Crippen molar-refractivity contribution in [3.8, 4) is 5.75 Å². The van der Waals surface area contributed by atoms with Gasteiger partial charge in [0.2, 0.25) is 10.0 Å². The van der Waals surface area contributed by atoms with Gasteiger partial charge in [-0.2, -0.15) is 0 Å². The van der Waals surface area contributed by atoms with E-state index < -0.39 is 10.0 Å². The summed E-state index contributed by atoms with van der Waals surface area (Å²) in [5.74, 6) is 0.298. The topological polar surface area (TPSA) is 90.7 Å². The highest BCUT2D eigenvalue weighted by atomic mass is 79.9. The quantitative estimate of drug-likeness (QED) is 0.715. The van der Waals surface area contributed by atoms with Crippen molar-refractivity contribution in [1.29, 1.82) is 0 Å². The number of ether oxygens (including phenoxy) is 2. The Morgan fingerprint density at radius 3 is 2.60 bits per heavy atom. The number of hydrogen-bond donors (Lipinski definition) is 2. The van der Waals surface area contributed by atoms with E-state index >= 15 is 0 Å². The summed E-state index contributed by atoms with van der Waals surface area (Å²) in [7, 11) is -0.707. The minimum absolute atomic E-state index is 0.0188. The summed E-state index contributed by atoms with van der Waals surface area (Å²) in [5, 5.41) is 0. The SMILES string of the molecule is COCC(C)CNS(=O)(=O)c1cc(N)c(Br)cc1OC. The standard InChI is InChI=1S/C12H19BrN2O4S/c1-8(7-18-2)6-15-20(16,17)12-5-10(14)9(13)4-11(12)19-3/h4-5,8,15H,6-7,14H2,1-3H3. The minimum atomic E-state index is -3.69. The number of sulfonamides is 1. The maximum absolute atomic E-state index is 12.3. The van der Waals surface area contributed by atoms with E-state index in [9.17, 15) is 8.42 Å². The van der Waals surface area contributed by atoms with E-state index in [2.05, 4.69) is 20.7 Å². The van der Waals surface area contributed by atoms with Gasteiger partial charge in [0.25, 0.3) is 0 Å². The van der Waals surface area contributed by atoms with E-state index in [4.69, 9.17) is 15.2 Å². The van der Waals surface area contributed by atoms with Crippen LogP contribution < -0.4 is 15.2 Å². The molecule has 0 amide bonds. The van der Waals surface area contributed by atoms with Crippen molar-refractivity contribution in [3.63, 3.8) is 0 Å². The van der Waals surface area contributed by atoms with E-state index in [-0.39, 0.29) is 23.1 Å². The molecule has 1 unspecified atom stereocenters. The molecule has 1 aromatic carbocycles. The van der Waals surface area contributed by atoms with Crippen molar-refractivity contribution in [3.05, 3.63) is 16.6 Å². The third kappa shape index (κ3) is 4.34. The number of nitrogen functional groups attached to an aromatic ring is 1. The Bertz CT molecular complexity index is 563. The lowest BCUT2D eigenvalue weighted by molar-refractivity contribution is 0.161. The van der Waals surface area contributed by atoms with Crippen LogP contribution in [0.4, 0.5) is 5.69 Å². The second-order valence-corrected chi connectivity index (χ2v) is 7.03. The summed E-state index contributed by atoms with van der Waals surface area (Å²) >= 11 is 3.23. The number of hydrogen-bond acceptors (Lipinski definition) is 5. The predicted molar refractivity (Wildman–Crippen MR) is 81.3 cm³/mol. The predicted octanol–water partition coefficient (Wildman–Crippen LogP) is 1.60. The normalized spacial score (nSPS) is 13.2. The maximum Gasteiger partial charge on any atom is 0.244 e. The Labute approximate surface area is 127 Å². The van der Waals surface area contributed by atoms with Gasteiger partial charge < -0.3 is 15.2 Å². The van der Waals surface area contributed by atoms with E-state index in [0.717, 1.165) is 0 Å². The highest BCUT2D eigenvalue weighted by molar-refractivity contribution is 9.10. The van der Waals surface area contributed by atoms with Gasteiger partial charge in [-0.1, -0.05) is 6.92 Å². The Hall–Kier alpha value is -0.830. The van der Waals surface area contributed by atoms with Crippen molar-refractivity contribution in [1.82, 2.24) is 4.72 Å². The summed E-state index contributed by atoms with van der Waals surface area (Å²) in [6, 6.07) is 2.90. The molecule has 1 atom stereocenters. The lowest BCUT2D eigenvalue weighted by atomic mass is 10.2. The Morgan fingerprint density at radius 1 is 1.40 bits per heavy atom. The second kappa shape index (κ2) is 7.26. The molecule has 0 heterocycles. The van der Waals surface area contributed by atoms with E-state index in [1.54, 1.807) is 7.11 Å². The van der Waals surface area contributed by atoms with Crippen LogP contribution in [0.3, 0.4) is 0 Å². The average Bonchev–Trinajstić information content (AvgIpc) is 2.39. The maximum atomic E-state index is 12.3. The van der Waals surface area contributed by atoms with Crippen LogP contribution in [0.1, 0.15) is 6.92 Å². The molecule has 0 saturated heterocycles. The first-order valence-electron chi connectivity index (χ1n) is 5.93. The molecule has 8 heteroatoms. The second-order valence-electron chi connectivity index (χ2n) is 4.44. The zero-order valence-corrected chi connectivity index (χ0v) is 14.0. The molecule has 1 rings (SSSR count). The van der Waals surface area contributed by atoms with Crippen molar-refractivity contribution < 1.29 is 17.9 Å². The van der Waals surface area contributed by atoms with E-state index in [0.29, 0.717) is 16.8 Å². The Kier molecular flexibility index (Phi) is 6.25. The molecule has 114 valence electrons. The third-order valence-electron chi connectivity index (χ3n) is 2.65. The van der Waals surface area contributed by atoms with Gasteiger partial charge in [-0.25, -0.2) is 13.1 Å². The molecule has 0 fully saturated rings. The van der Waals surface area contributed by atoms with E-state index in [1.807, 2.05) is 6.92 Å². The van der Waals surface area contributed by atoms with Crippen LogP contribution in [0.5, 0.6) is 5.75 Å². The summed E-state index contributed by atoms with van der Waals surface area (Å²) in [5.41, 5.74) is 6.06. The monoisotopic (exact) mass is 366 g/mol. The molecule has 0 saturated carbocycles. The molecule has 1 aromatic rings. The number of halogens is 1. The third-order valence-corrected chi connectivity index (χ3v) is 4.78. The van der Waals surface area contributed by atoms with Gasteiger partial charge in [-0.05, 0) is 34.0 Å². The highest BCUT2D eigenvalue weighted by Crippen LogP contribution is 2.32. The molecular weight excluding hydrogens is 348 g/mol. The lowest BCUT2D eigenvalue weighted by Crippen LogP contribution is -2.30. The number of rotatable bonds is 7. The summed E-state index contributed by atoms with van der Waals surface area (Å²) in [6.45, 7) is 2.64. The van der Waals surface area contributed by atoms with Gasteiger partial charge in [0.1, 0.15) is 10.6 Å². The van der Waals surface area contributed by atoms with Crippen molar-refractivity contribution >= 4 is 31.6 Å². The largest absolute Gasteiger partial charge is 0.495 e. The van der Waals surface area contributed by atoms with Crippen LogP contribution in [0.2, 0.25) is 0 Å². The van der Waals surface area contributed by atoms with Crippen LogP contribution in [0, 0.1) is 5.92 Å². The molecule has 0 aliphatic rings. The molecule has 20 heavy (non-hydrogen) atoms. The minimum Gasteiger partial charge on any atom is -0.495 e. The van der Waals surface area contributed by atoms with Gasteiger partial charge in [-0.15, -0.1) is 0 Å². The average molecular weight is 367 g/mol. The lowest BCUT2D eigenvalue weighted by Gasteiger charge is -2.15. The first-order chi connectivity index (χ1) is 9.31. The van der Waals surface area contributed by atoms with Crippen molar-refractivity contribution in [2.24, 2.45) is 5.92 Å². The molecule has 0 radical (unpaired) electrons. The Morgan fingerprint density at radius 2 is 2.05 bits per heavy atom. The molecule has 0 aromatic heterocycles. The number of anilines is 1. The number of nitrogens with one attached hydrogen (secondary N) is 1. The number of benzene rings is 1.